The monoisotopic (exact) mass is 368 g/mol. The van der Waals surface area contributed by atoms with E-state index < -0.39 is 5.97 Å². The Morgan fingerprint density at radius 3 is 2.27 bits per heavy atom. The lowest BCUT2D eigenvalue weighted by Crippen LogP contribution is -2.11. The molecule has 0 aliphatic carbocycles. The van der Waals surface area contributed by atoms with Gasteiger partial charge < -0.3 is 9.47 Å². The van der Waals surface area contributed by atoms with Crippen molar-refractivity contribution in [2.24, 2.45) is 0 Å². The molecule has 3 rings (SSSR count). The molecule has 0 spiro atoms. The molecule has 0 fully saturated rings. The van der Waals surface area contributed by atoms with Gasteiger partial charge in [-0.25, -0.2) is 4.98 Å². The number of hydrogen-bond donors (Lipinski definition) is 1. The molecule has 6 nitrogen and oxygen atoms in total. The topological polar surface area (TPSA) is 77.5 Å². The van der Waals surface area contributed by atoms with Crippen LogP contribution >= 0.6 is 11.3 Å². The van der Waals surface area contributed by atoms with Crippen molar-refractivity contribution in [2.75, 3.05) is 12.4 Å². The van der Waals surface area contributed by atoms with Crippen molar-refractivity contribution in [3.63, 3.8) is 0 Å². The molecule has 1 heterocycles. The first-order valence-electron chi connectivity index (χ1n) is 7.75. The van der Waals surface area contributed by atoms with Crippen LogP contribution in [0.15, 0.2) is 53.9 Å². The summed E-state index contributed by atoms with van der Waals surface area (Å²) in [7, 11) is 1.62. The fourth-order valence-electron chi connectivity index (χ4n) is 2.24. The predicted molar refractivity (Wildman–Crippen MR) is 99.8 cm³/mol. The van der Waals surface area contributed by atoms with E-state index in [-0.39, 0.29) is 5.91 Å². The molecular formula is C19H16N2O4S. The number of methoxy groups -OCH3 is 1. The van der Waals surface area contributed by atoms with Crippen LogP contribution in [-0.4, -0.2) is 24.0 Å². The number of anilines is 1. The Hall–Kier alpha value is -3.19. The number of esters is 1. The quantitative estimate of drug-likeness (QED) is 0.544. The summed E-state index contributed by atoms with van der Waals surface area (Å²) >= 11 is 1.35. The number of amides is 1. The van der Waals surface area contributed by atoms with Gasteiger partial charge in [-0.1, -0.05) is 0 Å². The van der Waals surface area contributed by atoms with Crippen molar-refractivity contribution in [3.05, 3.63) is 59.5 Å². The van der Waals surface area contributed by atoms with Crippen LogP contribution in [-0.2, 0) is 4.79 Å². The fourth-order valence-corrected chi connectivity index (χ4v) is 2.95. The summed E-state index contributed by atoms with van der Waals surface area (Å²) < 4.78 is 10.1. The van der Waals surface area contributed by atoms with Crippen LogP contribution in [0.4, 0.5) is 5.13 Å². The van der Waals surface area contributed by atoms with Crippen LogP contribution in [0.25, 0.3) is 11.3 Å². The van der Waals surface area contributed by atoms with E-state index in [4.69, 9.17) is 9.47 Å². The summed E-state index contributed by atoms with van der Waals surface area (Å²) in [5, 5.41) is 5.15. The number of nitrogens with one attached hydrogen (secondary N) is 1. The smallest absolute Gasteiger partial charge is 0.308 e. The van der Waals surface area contributed by atoms with Gasteiger partial charge in [0.2, 0.25) is 0 Å². The number of ether oxygens (including phenoxy) is 2. The first-order chi connectivity index (χ1) is 12.5. The van der Waals surface area contributed by atoms with E-state index in [0.29, 0.717) is 16.4 Å². The largest absolute Gasteiger partial charge is 0.497 e. The van der Waals surface area contributed by atoms with Gasteiger partial charge in [-0.3, -0.25) is 14.9 Å². The third-order valence-electron chi connectivity index (χ3n) is 3.49. The SMILES string of the molecule is COc1ccc(-c2csc(NC(=O)c3ccc(OC(C)=O)cc3)n2)cc1. The van der Waals surface area contributed by atoms with Crippen molar-refractivity contribution in [2.45, 2.75) is 6.92 Å². The van der Waals surface area contributed by atoms with Crippen molar-refractivity contribution >= 4 is 28.3 Å². The van der Waals surface area contributed by atoms with Crippen molar-refractivity contribution in [3.8, 4) is 22.8 Å². The molecule has 1 amide bonds. The summed E-state index contributed by atoms with van der Waals surface area (Å²) in [4.78, 5) is 27.7. The number of thiazole rings is 1. The molecule has 132 valence electrons. The third-order valence-corrected chi connectivity index (χ3v) is 4.25. The zero-order valence-corrected chi connectivity index (χ0v) is 15.0. The predicted octanol–water partition coefficient (Wildman–Crippen LogP) is 4.00. The molecular weight excluding hydrogens is 352 g/mol. The van der Waals surface area contributed by atoms with Gasteiger partial charge in [0.25, 0.3) is 5.91 Å². The van der Waals surface area contributed by atoms with Crippen LogP contribution in [0.3, 0.4) is 0 Å². The molecule has 3 aromatic rings. The minimum absolute atomic E-state index is 0.282. The molecule has 0 unspecified atom stereocenters. The van der Waals surface area contributed by atoms with Gasteiger partial charge in [0.05, 0.1) is 12.8 Å². The van der Waals surface area contributed by atoms with E-state index in [9.17, 15) is 9.59 Å². The molecule has 7 heteroatoms. The second-order valence-electron chi connectivity index (χ2n) is 5.34. The Kier molecular flexibility index (Phi) is 5.28. The average Bonchev–Trinajstić information content (AvgIpc) is 3.10. The van der Waals surface area contributed by atoms with Gasteiger partial charge >= 0.3 is 5.97 Å². The molecule has 0 saturated heterocycles. The number of hydrogen-bond acceptors (Lipinski definition) is 6. The van der Waals surface area contributed by atoms with E-state index >= 15 is 0 Å². The highest BCUT2D eigenvalue weighted by atomic mass is 32.1. The number of benzene rings is 2. The number of carbonyl (C=O) groups is 2. The zero-order valence-electron chi connectivity index (χ0n) is 14.2. The molecule has 1 aromatic heterocycles. The lowest BCUT2D eigenvalue weighted by atomic mass is 10.2. The number of nitrogens with zero attached hydrogens (tertiary/aromatic N) is 1. The second kappa shape index (κ2) is 7.79. The van der Waals surface area contributed by atoms with Gasteiger partial charge in [-0.05, 0) is 48.5 Å². The number of carbonyl (C=O) groups excluding carboxylic acids is 2. The van der Waals surface area contributed by atoms with Crippen LogP contribution < -0.4 is 14.8 Å². The van der Waals surface area contributed by atoms with Gasteiger partial charge in [0.1, 0.15) is 11.5 Å². The van der Waals surface area contributed by atoms with Gasteiger partial charge in [-0.15, -0.1) is 11.3 Å². The molecule has 0 aliphatic heterocycles. The Bertz CT molecular complexity index is 917. The van der Waals surface area contributed by atoms with Crippen molar-refractivity contribution in [1.82, 2.24) is 4.98 Å². The van der Waals surface area contributed by atoms with E-state index in [1.54, 1.807) is 31.4 Å². The van der Waals surface area contributed by atoms with Crippen molar-refractivity contribution < 1.29 is 19.1 Å². The molecule has 0 saturated carbocycles. The van der Waals surface area contributed by atoms with Crippen LogP contribution in [0, 0.1) is 0 Å². The van der Waals surface area contributed by atoms with Gasteiger partial charge in [0.15, 0.2) is 5.13 Å². The Balaban J connectivity index is 1.68. The first kappa shape index (κ1) is 17.6. The Labute approximate surface area is 154 Å². The highest BCUT2D eigenvalue weighted by Gasteiger charge is 2.11. The summed E-state index contributed by atoms with van der Waals surface area (Å²) in [6.07, 6.45) is 0. The van der Waals surface area contributed by atoms with E-state index in [1.807, 2.05) is 29.6 Å². The molecule has 2 aromatic carbocycles. The lowest BCUT2D eigenvalue weighted by molar-refractivity contribution is -0.131. The third kappa shape index (κ3) is 4.25. The van der Waals surface area contributed by atoms with Gasteiger partial charge in [0, 0.05) is 23.4 Å². The molecule has 0 bridgehead atoms. The highest BCUT2D eigenvalue weighted by molar-refractivity contribution is 7.14. The summed E-state index contributed by atoms with van der Waals surface area (Å²) in [6, 6.07) is 13.9. The first-order valence-corrected chi connectivity index (χ1v) is 8.63. The van der Waals surface area contributed by atoms with E-state index in [0.717, 1.165) is 17.0 Å². The Morgan fingerprint density at radius 1 is 1.00 bits per heavy atom. The standard InChI is InChI=1S/C19H16N2O4S/c1-12(22)25-16-9-5-14(6-10-16)18(23)21-19-20-17(11-26-19)13-3-7-15(24-2)8-4-13/h3-11H,1-2H3,(H,20,21,23). The van der Waals surface area contributed by atoms with Gasteiger partial charge in [-0.2, -0.15) is 0 Å². The second-order valence-corrected chi connectivity index (χ2v) is 6.20. The maximum Gasteiger partial charge on any atom is 0.308 e. The highest BCUT2D eigenvalue weighted by Crippen LogP contribution is 2.26. The zero-order chi connectivity index (χ0) is 18.5. The van der Waals surface area contributed by atoms with E-state index in [1.165, 1.54) is 18.3 Å². The number of rotatable bonds is 5. The van der Waals surface area contributed by atoms with Crippen molar-refractivity contribution in [1.29, 1.82) is 0 Å². The average molecular weight is 368 g/mol. The molecule has 26 heavy (non-hydrogen) atoms. The molecule has 0 atom stereocenters. The van der Waals surface area contributed by atoms with Crippen LogP contribution in [0.2, 0.25) is 0 Å². The lowest BCUT2D eigenvalue weighted by Gasteiger charge is -2.04. The summed E-state index contributed by atoms with van der Waals surface area (Å²) in [5.74, 6) is 0.478. The molecule has 1 N–H and O–H groups in total. The maximum absolute atomic E-state index is 12.3. The van der Waals surface area contributed by atoms with E-state index in [2.05, 4.69) is 10.3 Å². The summed E-state index contributed by atoms with van der Waals surface area (Å²) in [6.45, 7) is 1.32. The molecule has 0 aliphatic rings. The molecule has 0 radical (unpaired) electrons. The number of aromatic nitrogens is 1. The fraction of sp³-hybridized carbons (Fsp3) is 0.105. The Morgan fingerprint density at radius 2 is 1.65 bits per heavy atom. The minimum atomic E-state index is -0.406. The van der Waals surface area contributed by atoms with Crippen LogP contribution in [0.1, 0.15) is 17.3 Å². The van der Waals surface area contributed by atoms with Crippen LogP contribution in [0.5, 0.6) is 11.5 Å². The normalized spacial score (nSPS) is 10.2. The summed E-state index contributed by atoms with van der Waals surface area (Å²) in [5.41, 5.74) is 2.16. The maximum atomic E-state index is 12.3. The minimum Gasteiger partial charge on any atom is -0.497 e.